The van der Waals surface area contributed by atoms with Gasteiger partial charge in [0.1, 0.15) is 0 Å². The van der Waals surface area contributed by atoms with Crippen molar-refractivity contribution in [2.45, 2.75) is 23.3 Å². The second-order valence-corrected chi connectivity index (χ2v) is 8.19. The fourth-order valence-electron chi connectivity index (χ4n) is 2.77. The molecular weight excluding hydrogens is 366 g/mol. The van der Waals surface area contributed by atoms with Crippen LogP contribution in [0, 0.1) is 0 Å². The largest absolute Gasteiger partial charge is 0.388 e. The van der Waals surface area contributed by atoms with Crippen molar-refractivity contribution in [2.24, 2.45) is 0 Å². The van der Waals surface area contributed by atoms with Crippen LogP contribution in [0.4, 0.5) is 0 Å². The van der Waals surface area contributed by atoms with Gasteiger partial charge in [-0.3, -0.25) is 0 Å². The van der Waals surface area contributed by atoms with Crippen LogP contribution in [0.3, 0.4) is 0 Å². The first-order chi connectivity index (χ1) is 10.4. The van der Waals surface area contributed by atoms with Crippen LogP contribution in [0.1, 0.15) is 11.1 Å². The molecule has 116 valence electrons. The monoisotopic (exact) mass is 381 g/mol. The van der Waals surface area contributed by atoms with Crippen LogP contribution < -0.4 is 4.72 Å². The van der Waals surface area contributed by atoms with Crippen LogP contribution in [0.5, 0.6) is 0 Å². The highest BCUT2D eigenvalue weighted by molar-refractivity contribution is 9.10. The molecule has 0 fully saturated rings. The molecule has 0 radical (unpaired) electrons. The number of hydrogen-bond donors (Lipinski definition) is 2. The van der Waals surface area contributed by atoms with Crippen molar-refractivity contribution in [1.29, 1.82) is 0 Å². The van der Waals surface area contributed by atoms with Crippen LogP contribution in [0.15, 0.2) is 57.9 Å². The standard InChI is InChI=1S/C16H16BrNO3S/c17-14-7-3-4-8-15(14)22(20,21)18-11-16(19)9-12-5-1-2-6-13(12)10-16/h1-8,18-19H,9-11H2. The summed E-state index contributed by atoms with van der Waals surface area (Å²) in [7, 11) is -3.66. The molecule has 2 aromatic carbocycles. The molecular formula is C16H16BrNO3S. The highest BCUT2D eigenvalue weighted by atomic mass is 79.9. The van der Waals surface area contributed by atoms with Crippen LogP contribution in [-0.2, 0) is 22.9 Å². The second-order valence-electron chi connectivity index (χ2n) is 5.60. The zero-order valence-electron chi connectivity index (χ0n) is 11.8. The molecule has 4 nitrogen and oxygen atoms in total. The Morgan fingerprint density at radius 3 is 2.18 bits per heavy atom. The first-order valence-corrected chi connectivity index (χ1v) is 9.21. The van der Waals surface area contributed by atoms with Gasteiger partial charge in [0.15, 0.2) is 0 Å². The van der Waals surface area contributed by atoms with Crippen molar-refractivity contribution in [3.05, 3.63) is 64.1 Å². The summed E-state index contributed by atoms with van der Waals surface area (Å²) in [4.78, 5) is 0.175. The molecule has 0 amide bonds. The number of aliphatic hydroxyl groups is 1. The Morgan fingerprint density at radius 1 is 1.05 bits per heavy atom. The molecule has 2 aromatic rings. The van der Waals surface area contributed by atoms with E-state index in [2.05, 4.69) is 20.7 Å². The summed E-state index contributed by atoms with van der Waals surface area (Å²) < 4.78 is 27.8. The summed E-state index contributed by atoms with van der Waals surface area (Å²) in [5.74, 6) is 0. The van der Waals surface area contributed by atoms with Crippen molar-refractivity contribution in [3.8, 4) is 0 Å². The number of halogens is 1. The molecule has 0 aromatic heterocycles. The average molecular weight is 382 g/mol. The van der Waals surface area contributed by atoms with Crippen molar-refractivity contribution in [3.63, 3.8) is 0 Å². The van der Waals surface area contributed by atoms with E-state index in [1.807, 2.05) is 24.3 Å². The van der Waals surface area contributed by atoms with Crippen molar-refractivity contribution >= 4 is 26.0 Å². The van der Waals surface area contributed by atoms with Crippen LogP contribution in [0.2, 0.25) is 0 Å². The van der Waals surface area contributed by atoms with Gasteiger partial charge in [-0.1, -0.05) is 36.4 Å². The van der Waals surface area contributed by atoms with E-state index in [9.17, 15) is 13.5 Å². The fraction of sp³-hybridized carbons (Fsp3) is 0.250. The predicted octanol–water partition coefficient (Wildman–Crippen LogP) is 2.26. The number of benzene rings is 2. The maximum Gasteiger partial charge on any atom is 0.241 e. The quantitative estimate of drug-likeness (QED) is 0.853. The smallest absolute Gasteiger partial charge is 0.241 e. The lowest BCUT2D eigenvalue weighted by Gasteiger charge is -2.22. The molecule has 0 unspecified atom stereocenters. The Bertz CT molecular complexity index is 780. The third-order valence-electron chi connectivity index (χ3n) is 3.87. The van der Waals surface area contributed by atoms with Gasteiger partial charge < -0.3 is 5.11 Å². The lowest BCUT2D eigenvalue weighted by atomic mass is 10.0. The zero-order chi connectivity index (χ0) is 15.8. The van der Waals surface area contributed by atoms with Crippen molar-refractivity contribution in [1.82, 2.24) is 4.72 Å². The number of sulfonamides is 1. The predicted molar refractivity (Wildman–Crippen MR) is 88.1 cm³/mol. The first-order valence-electron chi connectivity index (χ1n) is 6.93. The molecule has 0 heterocycles. The van der Waals surface area contributed by atoms with Crippen LogP contribution in [-0.4, -0.2) is 25.7 Å². The molecule has 0 saturated carbocycles. The van der Waals surface area contributed by atoms with E-state index in [1.54, 1.807) is 18.2 Å². The van der Waals surface area contributed by atoms with Crippen LogP contribution >= 0.6 is 15.9 Å². The molecule has 2 N–H and O–H groups in total. The Labute approximate surface area is 138 Å². The summed E-state index contributed by atoms with van der Waals surface area (Å²) in [5.41, 5.74) is 1.08. The maximum absolute atomic E-state index is 12.4. The van der Waals surface area contributed by atoms with E-state index in [0.717, 1.165) is 11.1 Å². The van der Waals surface area contributed by atoms with Gasteiger partial charge in [0.2, 0.25) is 10.0 Å². The van der Waals surface area contributed by atoms with E-state index in [1.165, 1.54) is 6.07 Å². The average Bonchev–Trinajstić information content (AvgIpc) is 2.82. The van der Waals surface area contributed by atoms with Gasteiger partial charge in [0.05, 0.1) is 10.5 Å². The Hall–Kier alpha value is -1.21. The molecule has 0 atom stereocenters. The maximum atomic E-state index is 12.4. The van der Waals surface area contributed by atoms with Gasteiger partial charge in [-0.05, 0) is 39.2 Å². The molecule has 22 heavy (non-hydrogen) atoms. The third-order valence-corrected chi connectivity index (χ3v) is 6.29. The van der Waals surface area contributed by atoms with Gasteiger partial charge in [-0.25, -0.2) is 13.1 Å². The van der Waals surface area contributed by atoms with Crippen molar-refractivity contribution < 1.29 is 13.5 Å². The summed E-state index contributed by atoms with van der Waals surface area (Å²) in [6.45, 7) is -0.00858. The van der Waals surface area contributed by atoms with E-state index < -0.39 is 15.6 Å². The van der Waals surface area contributed by atoms with Crippen LogP contribution in [0.25, 0.3) is 0 Å². The van der Waals surface area contributed by atoms with E-state index in [-0.39, 0.29) is 11.4 Å². The fourth-order valence-corrected chi connectivity index (χ4v) is 4.89. The second kappa shape index (κ2) is 5.77. The molecule has 0 saturated heterocycles. The Morgan fingerprint density at radius 2 is 1.59 bits per heavy atom. The summed E-state index contributed by atoms with van der Waals surface area (Å²) in [6.07, 6.45) is 0.920. The van der Waals surface area contributed by atoms with E-state index >= 15 is 0 Å². The highest BCUT2D eigenvalue weighted by Gasteiger charge is 2.36. The number of fused-ring (bicyclic) bond motifs is 1. The molecule has 3 rings (SSSR count). The van der Waals surface area contributed by atoms with E-state index in [0.29, 0.717) is 17.3 Å². The summed E-state index contributed by atoms with van der Waals surface area (Å²) >= 11 is 3.24. The number of rotatable bonds is 4. The van der Waals surface area contributed by atoms with Gasteiger partial charge in [-0.2, -0.15) is 0 Å². The third kappa shape index (κ3) is 3.10. The minimum atomic E-state index is -3.66. The Balaban J connectivity index is 1.75. The molecule has 1 aliphatic carbocycles. The highest BCUT2D eigenvalue weighted by Crippen LogP contribution is 2.30. The normalized spacial score (nSPS) is 16.5. The Kier molecular flexibility index (Phi) is 4.11. The molecule has 0 spiro atoms. The molecule has 6 heteroatoms. The van der Waals surface area contributed by atoms with Gasteiger partial charge in [0.25, 0.3) is 0 Å². The minimum absolute atomic E-state index is 0.00858. The molecule has 0 aliphatic heterocycles. The molecule has 0 bridgehead atoms. The summed E-state index contributed by atoms with van der Waals surface area (Å²) in [6, 6.07) is 14.4. The van der Waals surface area contributed by atoms with Gasteiger partial charge in [0, 0.05) is 23.9 Å². The van der Waals surface area contributed by atoms with E-state index in [4.69, 9.17) is 0 Å². The topological polar surface area (TPSA) is 66.4 Å². The zero-order valence-corrected chi connectivity index (χ0v) is 14.2. The van der Waals surface area contributed by atoms with Gasteiger partial charge >= 0.3 is 0 Å². The summed E-state index contributed by atoms with van der Waals surface area (Å²) in [5, 5.41) is 10.7. The van der Waals surface area contributed by atoms with Gasteiger partial charge in [-0.15, -0.1) is 0 Å². The number of hydrogen-bond acceptors (Lipinski definition) is 3. The lowest BCUT2D eigenvalue weighted by Crippen LogP contribution is -2.43. The SMILES string of the molecule is O=S(=O)(NCC1(O)Cc2ccccc2C1)c1ccccc1Br. The number of nitrogens with one attached hydrogen (secondary N) is 1. The lowest BCUT2D eigenvalue weighted by molar-refractivity contribution is 0.0567. The van der Waals surface area contributed by atoms with Crippen molar-refractivity contribution in [2.75, 3.05) is 6.54 Å². The first kappa shape index (κ1) is 15.7. The minimum Gasteiger partial charge on any atom is -0.388 e. The molecule has 1 aliphatic rings.